The first-order chi connectivity index (χ1) is 19.8. The smallest absolute Gasteiger partial charge is 0.347 e. The molecular formula is C29H31Cl2N5O5Si. The molecule has 1 aliphatic rings. The number of carbonyl (C=O) groups excluding carboxylic acids is 2. The van der Waals surface area contributed by atoms with Gasteiger partial charge in [-0.15, -0.1) is 10.6 Å². The number of benzene rings is 2. The maximum absolute atomic E-state index is 13.5. The molecule has 220 valence electrons. The average Bonchev–Trinajstić information content (AvgIpc) is 2.92. The summed E-state index contributed by atoms with van der Waals surface area (Å²) < 4.78 is 11.5. The number of imide groups is 1. The second-order valence-corrected chi connectivity index (χ2v) is 16.5. The van der Waals surface area contributed by atoms with E-state index in [2.05, 4.69) is 46.7 Å². The van der Waals surface area contributed by atoms with Gasteiger partial charge >= 0.3 is 6.03 Å². The van der Waals surface area contributed by atoms with Crippen LogP contribution in [0.5, 0.6) is 11.6 Å². The van der Waals surface area contributed by atoms with E-state index in [1.807, 2.05) is 44.2 Å². The number of hydrazine groups is 1. The second-order valence-electron chi connectivity index (χ2n) is 10.9. The van der Waals surface area contributed by atoms with Crippen LogP contribution in [0.2, 0.25) is 29.7 Å². The van der Waals surface area contributed by atoms with Gasteiger partial charge in [-0.1, -0.05) is 92.9 Å². The van der Waals surface area contributed by atoms with Crippen molar-refractivity contribution in [1.82, 2.24) is 20.5 Å². The predicted molar refractivity (Wildman–Crippen MR) is 164 cm³/mol. The molecule has 42 heavy (non-hydrogen) atoms. The number of aromatic amines is 1. The lowest BCUT2D eigenvalue weighted by Crippen LogP contribution is -2.66. The van der Waals surface area contributed by atoms with Crippen LogP contribution in [-0.2, 0) is 16.1 Å². The molecule has 1 atom stereocenters. The third-order valence-electron chi connectivity index (χ3n) is 6.00. The van der Waals surface area contributed by atoms with Crippen LogP contribution in [0, 0.1) is 11.5 Å². The lowest BCUT2D eigenvalue weighted by molar-refractivity contribution is -0.135. The van der Waals surface area contributed by atoms with Gasteiger partial charge in [-0.2, -0.15) is 0 Å². The number of hydrogen-bond donors (Lipinski definition) is 2. The number of ether oxygens (including phenoxy) is 2. The van der Waals surface area contributed by atoms with E-state index in [0.717, 1.165) is 15.5 Å². The van der Waals surface area contributed by atoms with Crippen LogP contribution in [-0.4, -0.2) is 47.9 Å². The van der Waals surface area contributed by atoms with Crippen molar-refractivity contribution in [2.75, 3.05) is 11.7 Å². The summed E-state index contributed by atoms with van der Waals surface area (Å²) in [6.07, 6.45) is 0. The molecule has 3 aromatic rings. The summed E-state index contributed by atoms with van der Waals surface area (Å²) in [5.74, 6) is 2.57. The first kappa shape index (κ1) is 31.3. The number of rotatable bonds is 8. The molecule has 1 unspecified atom stereocenters. The molecule has 2 N–H and O–H groups in total. The third-order valence-corrected chi connectivity index (χ3v) is 7.45. The molecule has 10 nitrogen and oxygen atoms in total. The predicted octanol–water partition coefficient (Wildman–Crippen LogP) is 5.69. The topological polar surface area (TPSA) is 117 Å². The average molecular weight is 629 g/mol. The molecule has 3 amide bonds. The molecule has 0 spiro atoms. The number of nitrogens with one attached hydrogen (secondary N) is 2. The van der Waals surface area contributed by atoms with Gasteiger partial charge in [0.05, 0.1) is 22.3 Å². The van der Waals surface area contributed by atoms with E-state index >= 15 is 0 Å². The van der Waals surface area contributed by atoms with Crippen LogP contribution < -0.4 is 20.7 Å². The zero-order chi connectivity index (χ0) is 30.6. The molecule has 2 aromatic carbocycles. The molecule has 0 radical (unpaired) electrons. The summed E-state index contributed by atoms with van der Waals surface area (Å²) >= 11 is 13.1. The number of nitrogens with zero attached hydrogens (tertiary/aromatic N) is 3. The van der Waals surface area contributed by atoms with Crippen LogP contribution in [0.4, 0.5) is 10.5 Å². The zero-order valence-electron chi connectivity index (χ0n) is 23.8. The SMILES string of the molecule is CC(C)c1cc(Oc2c(Cl)cc(N3NC(C#C[Si](C)(C)C)C(=O)N(COCc4ccccc4)C3=O)cc2Cl)n[nH]c1=O. The van der Waals surface area contributed by atoms with Crippen LogP contribution in [0.3, 0.4) is 0 Å². The van der Waals surface area contributed by atoms with Crippen LogP contribution >= 0.6 is 23.2 Å². The molecule has 0 saturated carbocycles. The van der Waals surface area contributed by atoms with Gasteiger partial charge in [0.2, 0.25) is 5.88 Å². The highest BCUT2D eigenvalue weighted by Crippen LogP contribution is 2.39. The van der Waals surface area contributed by atoms with Crippen molar-refractivity contribution in [3.63, 3.8) is 0 Å². The fraction of sp³-hybridized carbons (Fsp3) is 0.310. The van der Waals surface area contributed by atoms with Gasteiger partial charge in [0.25, 0.3) is 11.5 Å². The lowest BCUT2D eigenvalue weighted by Gasteiger charge is -2.37. The first-order valence-corrected chi connectivity index (χ1v) is 17.4. The monoisotopic (exact) mass is 627 g/mol. The van der Waals surface area contributed by atoms with Crippen LogP contribution in [0.25, 0.3) is 0 Å². The van der Waals surface area contributed by atoms with E-state index in [0.29, 0.717) is 5.56 Å². The molecule has 1 aliphatic heterocycles. The Kier molecular flexibility index (Phi) is 9.76. The summed E-state index contributed by atoms with van der Waals surface area (Å²) in [4.78, 5) is 39.9. The molecule has 1 fully saturated rings. The van der Waals surface area contributed by atoms with Gasteiger partial charge in [0.15, 0.2) is 11.8 Å². The fourth-order valence-electron chi connectivity index (χ4n) is 3.89. The second kappa shape index (κ2) is 13.1. The molecular weight excluding hydrogens is 597 g/mol. The number of H-pyrrole nitrogens is 1. The van der Waals surface area contributed by atoms with Gasteiger partial charge < -0.3 is 9.47 Å². The molecule has 13 heteroatoms. The fourth-order valence-corrected chi connectivity index (χ4v) is 5.02. The maximum Gasteiger partial charge on any atom is 0.347 e. The number of hydrogen-bond acceptors (Lipinski definition) is 7. The first-order valence-electron chi connectivity index (χ1n) is 13.2. The van der Waals surface area contributed by atoms with Gasteiger partial charge in [0, 0.05) is 11.6 Å². The summed E-state index contributed by atoms with van der Waals surface area (Å²) in [5.41, 5.74) is 7.39. The minimum atomic E-state index is -1.85. The van der Waals surface area contributed by atoms with Crippen molar-refractivity contribution < 1.29 is 19.1 Å². The van der Waals surface area contributed by atoms with E-state index in [1.54, 1.807) is 0 Å². The Bertz CT molecular complexity index is 1570. The van der Waals surface area contributed by atoms with E-state index in [9.17, 15) is 14.4 Å². The van der Waals surface area contributed by atoms with Crippen molar-refractivity contribution in [3.05, 3.63) is 80.1 Å². The van der Waals surface area contributed by atoms with Gasteiger partial charge in [0.1, 0.15) is 14.8 Å². The Labute approximate surface area is 254 Å². The third kappa shape index (κ3) is 7.59. The Balaban J connectivity index is 1.62. The minimum absolute atomic E-state index is 0.0667. The normalized spacial score (nSPS) is 15.6. The van der Waals surface area contributed by atoms with Gasteiger partial charge in [-0.05, 0) is 23.6 Å². The highest BCUT2D eigenvalue weighted by Gasteiger charge is 2.40. The van der Waals surface area contributed by atoms with Gasteiger partial charge in [-0.3, -0.25) is 9.59 Å². The summed E-state index contributed by atoms with van der Waals surface area (Å²) in [7, 11) is -1.85. The molecule has 1 aromatic heterocycles. The zero-order valence-corrected chi connectivity index (χ0v) is 26.3. The molecule has 2 heterocycles. The molecule has 4 rings (SSSR count). The van der Waals surface area contributed by atoms with Gasteiger partial charge in [-0.25, -0.2) is 25.2 Å². The van der Waals surface area contributed by atoms with Crippen molar-refractivity contribution in [2.24, 2.45) is 0 Å². The van der Waals surface area contributed by atoms with E-state index in [1.165, 1.54) is 18.2 Å². The summed E-state index contributed by atoms with van der Waals surface area (Å²) in [6.45, 7) is 9.82. The highest BCUT2D eigenvalue weighted by molar-refractivity contribution is 6.83. The lowest BCUT2D eigenvalue weighted by atomic mass is 10.1. The van der Waals surface area contributed by atoms with E-state index in [-0.39, 0.29) is 52.2 Å². The quantitative estimate of drug-likeness (QED) is 0.243. The Hall–Kier alpha value is -3.66. The number of amides is 3. The number of halogens is 2. The van der Waals surface area contributed by atoms with Crippen molar-refractivity contribution in [2.45, 2.75) is 52.1 Å². The number of anilines is 1. The number of urea groups is 1. The van der Waals surface area contributed by atoms with Crippen LogP contribution in [0.1, 0.15) is 30.9 Å². The Morgan fingerprint density at radius 1 is 1.05 bits per heavy atom. The molecule has 0 aliphatic carbocycles. The largest absolute Gasteiger partial charge is 0.434 e. The standard InChI is InChI=1S/C29H31Cl2N5O5Si/c1-18(2)21-15-25(32-33-27(21)37)41-26-22(30)13-20(14-23(26)31)36-29(39)35(17-40-16-19-9-7-6-8-10-19)28(38)24(34-36)11-12-42(3,4)5/h6-10,13-15,18,24,34H,16-17H2,1-5H3,(H,33,37). The summed E-state index contributed by atoms with van der Waals surface area (Å²) in [6, 6.07) is 12.1. The van der Waals surface area contributed by atoms with Crippen LogP contribution in [0.15, 0.2) is 53.3 Å². The van der Waals surface area contributed by atoms with Crippen molar-refractivity contribution >= 4 is 48.9 Å². The maximum atomic E-state index is 13.5. The minimum Gasteiger partial charge on any atom is -0.434 e. The molecule has 0 bridgehead atoms. The number of carbonyl (C=O) groups is 2. The number of aromatic nitrogens is 2. The van der Waals surface area contributed by atoms with Crippen molar-refractivity contribution in [3.8, 4) is 23.1 Å². The molecule has 1 saturated heterocycles. The van der Waals surface area contributed by atoms with E-state index < -0.39 is 26.1 Å². The van der Waals surface area contributed by atoms with Crippen molar-refractivity contribution in [1.29, 1.82) is 0 Å². The Morgan fingerprint density at radius 2 is 1.71 bits per heavy atom. The summed E-state index contributed by atoms with van der Waals surface area (Å²) in [5, 5.41) is 7.62. The Morgan fingerprint density at radius 3 is 2.33 bits per heavy atom. The van der Waals surface area contributed by atoms with E-state index in [4.69, 9.17) is 32.7 Å². The highest BCUT2D eigenvalue weighted by atomic mass is 35.5.